The second-order valence-corrected chi connectivity index (χ2v) is 6.12. The fourth-order valence-corrected chi connectivity index (χ4v) is 2.24. The van der Waals surface area contributed by atoms with Gasteiger partial charge in [0.25, 0.3) is 5.91 Å². The minimum Gasteiger partial charge on any atom is -0.491 e. The van der Waals surface area contributed by atoms with E-state index < -0.39 is 12.1 Å². The van der Waals surface area contributed by atoms with Gasteiger partial charge in [0.05, 0.1) is 11.7 Å². The topological polar surface area (TPSA) is 55.8 Å². The lowest BCUT2D eigenvalue weighted by Gasteiger charge is -2.21. The number of esters is 1. The zero-order chi connectivity index (χ0) is 18.4. The molecule has 5 nitrogen and oxygen atoms in total. The van der Waals surface area contributed by atoms with E-state index in [1.54, 1.807) is 62.6 Å². The predicted molar refractivity (Wildman–Crippen MR) is 95.5 cm³/mol. The molecule has 0 aliphatic heterocycles. The summed E-state index contributed by atoms with van der Waals surface area (Å²) >= 11 is 0. The van der Waals surface area contributed by atoms with Gasteiger partial charge in [0.2, 0.25) is 6.10 Å². The summed E-state index contributed by atoms with van der Waals surface area (Å²) in [6, 6.07) is 15.6. The van der Waals surface area contributed by atoms with Crippen LogP contribution >= 0.6 is 0 Å². The van der Waals surface area contributed by atoms with Gasteiger partial charge in [-0.25, -0.2) is 4.79 Å². The SMILES string of the molecule is CC(C)Oc1ccc(C(=O)OC(C(=O)N(C)C)c2ccccc2)cc1. The van der Waals surface area contributed by atoms with Crippen molar-refractivity contribution in [1.29, 1.82) is 0 Å². The number of amides is 1. The first-order valence-corrected chi connectivity index (χ1v) is 8.12. The summed E-state index contributed by atoms with van der Waals surface area (Å²) < 4.78 is 11.1. The van der Waals surface area contributed by atoms with Gasteiger partial charge in [-0.05, 0) is 38.1 Å². The zero-order valence-corrected chi connectivity index (χ0v) is 14.9. The van der Waals surface area contributed by atoms with Crippen molar-refractivity contribution in [3.63, 3.8) is 0 Å². The van der Waals surface area contributed by atoms with Gasteiger partial charge in [-0.2, -0.15) is 0 Å². The Hall–Kier alpha value is -2.82. The van der Waals surface area contributed by atoms with Gasteiger partial charge in [-0.15, -0.1) is 0 Å². The Balaban J connectivity index is 2.18. The Morgan fingerprint density at radius 1 is 0.920 bits per heavy atom. The van der Waals surface area contributed by atoms with Crippen molar-refractivity contribution < 1.29 is 19.1 Å². The fraction of sp³-hybridized carbons (Fsp3) is 0.300. The van der Waals surface area contributed by atoms with Crippen molar-refractivity contribution in [2.75, 3.05) is 14.1 Å². The van der Waals surface area contributed by atoms with Crippen molar-refractivity contribution in [3.05, 3.63) is 65.7 Å². The molecule has 25 heavy (non-hydrogen) atoms. The first kappa shape index (κ1) is 18.5. The van der Waals surface area contributed by atoms with E-state index in [9.17, 15) is 9.59 Å². The van der Waals surface area contributed by atoms with Crippen LogP contribution in [0.1, 0.15) is 35.9 Å². The zero-order valence-electron chi connectivity index (χ0n) is 14.9. The van der Waals surface area contributed by atoms with Crippen molar-refractivity contribution in [3.8, 4) is 5.75 Å². The summed E-state index contributed by atoms with van der Waals surface area (Å²) in [5.41, 5.74) is 0.998. The fourth-order valence-electron chi connectivity index (χ4n) is 2.24. The number of likely N-dealkylation sites (N-methyl/N-ethyl adjacent to an activating group) is 1. The van der Waals surface area contributed by atoms with E-state index in [4.69, 9.17) is 9.47 Å². The van der Waals surface area contributed by atoms with Crippen LogP contribution in [0.15, 0.2) is 54.6 Å². The third kappa shape index (κ3) is 5.08. The normalized spacial score (nSPS) is 11.7. The lowest BCUT2D eigenvalue weighted by Crippen LogP contribution is -2.31. The highest BCUT2D eigenvalue weighted by Gasteiger charge is 2.26. The van der Waals surface area contributed by atoms with Crippen LogP contribution in [0.2, 0.25) is 0 Å². The molecule has 1 unspecified atom stereocenters. The van der Waals surface area contributed by atoms with Crippen molar-refractivity contribution in [2.45, 2.75) is 26.1 Å². The molecule has 2 aromatic rings. The molecule has 0 heterocycles. The van der Waals surface area contributed by atoms with Gasteiger partial charge < -0.3 is 14.4 Å². The molecule has 0 bridgehead atoms. The quantitative estimate of drug-likeness (QED) is 0.755. The Bertz CT molecular complexity index is 708. The number of hydrogen-bond acceptors (Lipinski definition) is 4. The van der Waals surface area contributed by atoms with Crippen LogP contribution in [-0.4, -0.2) is 37.0 Å². The monoisotopic (exact) mass is 341 g/mol. The lowest BCUT2D eigenvalue weighted by atomic mass is 10.1. The average Bonchev–Trinajstić information content (AvgIpc) is 2.59. The Morgan fingerprint density at radius 3 is 2.04 bits per heavy atom. The molecule has 0 radical (unpaired) electrons. The molecule has 0 aromatic heterocycles. The standard InChI is InChI=1S/C20H23NO4/c1-14(2)24-17-12-10-16(11-13-17)20(23)25-18(19(22)21(3)4)15-8-6-5-7-9-15/h5-14,18H,1-4H3. The lowest BCUT2D eigenvalue weighted by molar-refractivity contribution is -0.138. The Labute approximate surface area is 148 Å². The summed E-state index contributed by atoms with van der Waals surface area (Å²) in [6.45, 7) is 3.86. The smallest absolute Gasteiger partial charge is 0.339 e. The first-order chi connectivity index (χ1) is 11.9. The summed E-state index contributed by atoms with van der Waals surface area (Å²) in [4.78, 5) is 26.3. The molecule has 2 aromatic carbocycles. The van der Waals surface area contributed by atoms with Crippen molar-refractivity contribution in [2.24, 2.45) is 0 Å². The van der Waals surface area contributed by atoms with Crippen molar-refractivity contribution >= 4 is 11.9 Å². The summed E-state index contributed by atoms with van der Waals surface area (Å²) in [7, 11) is 3.26. The van der Waals surface area contributed by atoms with Crippen LogP contribution in [0.25, 0.3) is 0 Å². The van der Waals surface area contributed by atoms with Gasteiger partial charge in [0.15, 0.2) is 0 Å². The molecule has 1 atom stereocenters. The molecule has 0 aliphatic rings. The average molecular weight is 341 g/mol. The maximum atomic E-state index is 12.5. The van der Waals surface area contributed by atoms with Crippen molar-refractivity contribution in [1.82, 2.24) is 4.90 Å². The van der Waals surface area contributed by atoms with Crippen LogP contribution in [0.3, 0.4) is 0 Å². The predicted octanol–water partition coefficient (Wildman–Crippen LogP) is 3.46. The number of carbonyl (C=O) groups is 2. The molecule has 0 N–H and O–H groups in total. The Morgan fingerprint density at radius 2 is 1.52 bits per heavy atom. The van der Waals surface area contributed by atoms with E-state index in [1.807, 2.05) is 19.9 Å². The number of rotatable bonds is 6. The van der Waals surface area contributed by atoms with Crippen LogP contribution in [0, 0.1) is 0 Å². The second kappa shape index (κ2) is 8.33. The minimum absolute atomic E-state index is 0.0537. The summed E-state index contributed by atoms with van der Waals surface area (Å²) in [6.07, 6.45) is -0.923. The van der Waals surface area contributed by atoms with E-state index >= 15 is 0 Å². The third-order valence-electron chi connectivity index (χ3n) is 3.45. The van der Waals surface area contributed by atoms with E-state index in [-0.39, 0.29) is 12.0 Å². The number of nitrogens with zero attached hydrogens (tertiary/aromatic N) is 1. The number of hydrogen-bond donors (Lipinski definition) is 0. The highest BCUT2D eigenvalue weighted by atomic mass is 16.5. The molecule has 5 heteroatoms. The first-order valence-electron chi connectivity index (χ1n) is 8.12. The van der Waals surface area contributed by atoms with Crippen LogP contribution in [0.4, 0.5) is 0 Å². The summed E-state index contributed by atoms with van der Waals surface area (Å²) in [5.74, 6) is -0.171. The molecule has 0 aliphatic carbocycles. The largest absolute Gasteiger partial charge is 0.491 e. The van der Waals surface area contributed by atoms with Gasteiger partial charge >= 0.3 is 5.97 Å². The maximum absolute atomic E-state index is 12.5. The third-order valence-corrected chi connectivity index (χ3v) is 3.45. The molecular weight excluding hydrogens is 318 g/mol. The number of benzene rings is 2. The molecule has 2 rings (SSSR count). The molecule has 1 amide bonds. The van der Waals surface area contributed by atoms with Gasteiger partial charge in [0.1, 0.15) is 5.75 Å². The number of carbonyl (C=O) groups excluding carboxylic acids is 2. The van der Waals surface area contributed by atoms with E-state index in [1.165, 1.54) is 4.90 Å². The maximum Gasteiger partial charge on any atom is 0.339 e. The van der Waals surface area contributed by atoms with E-state index in [0.717, 1.165) is 0 Å². The van der Waals surface area contributed by atoms with Crippen LogP contribution in [0.5, 0.6) is 5.75 Å². The minimum atomic E-state index is -0.977. The molecule has 132 valence electrons. The van der Waals surface area contributed by atoms with Gasteiger partial charge in [0, 0.05) is 19.7 Å². The van der Waals surface area contributed by atoms with Crippen LogP contribution in [-0.2, 0) is 9.53 Å². The number of ether oxygens (including phenoxy) is 2. The van der Waals surface area contributed by atoms with Gasteiger partial charge in [-0.1, -0.05) is 30.3 Å². The molecule has 0 fully saturated rings. The highest BCUT2D eigenvalue weighted by Crippen LogP contribution is 2.22. The van der Waals surface area contributed by atoms with E-state index in [2.05, 4.69) is 0 Å². The molecule has 0 saturated carbocycles. The molecular formula is C20H23NO4. The van der Waals surface area contributed by atoms with E-state index in [0.29, 0.717) is 16.9 Å². The summed E-state index contributed by atoms with van der Waals surface area (Å²) in [5, 5.41) is 0. The van der Waals surface area contributed by atoms with Gasteiger partial charge in [-0.3, -0.25) is 4.79 Å². The second-order valence-electron chi connectivity index (χ2n) is 6.12. The molecule has 0 spiro atoms. The Kier molecular flexibility index (Phi) is 6.17. The molecule has 0 saturated heterocycles. The van der Waals surface area contributed by atoms with Crippen LogP contribution < -0.4 is 4.74 Å². The highest BCUT2D eigenvalue weighted by molar-refractivity contribution is 5.92.